The van der Waals surface area contributed by atoms with Crippen molar-refractivity contribution in [3.63, 3.8) is 0 Å². The Morgan fingerprint density at radius 2 is 1.67 bits per heavy atom. The molecule has 3 aromatic rings. The molecule has 0 saturated heterocycles. The summed E-state index contributed by atoms with van der Waals surface area (Å²) in [6, 6.07) is 18.2. The van der Waals surface area contributed by atoms with E-state index in [9.17, 15) is 0 Å². The molecule has 1 atom stereocenters. The van der Waals surface area contributed by atoms with Crippen LogP contribution in [0.15, 0.2) is 54.6 Å². The van der Waals surface area contributed by atoms with E-state index in [1.165, 1.54) is 0 Å². The summed E-state index contributed by atoms with van der Waals surface area (Å²) in [5.74, 6) is 1.67. The Kier molecular flexibility index (Phi) is 5.21. The van der Waals surface area contributed by atoms with Crippen LogP contribution in [-0.4, -0.2) is 37.1 Å². The maximum absolute atomic E-state index is 6.54. The third kappa shape index (κ3) is 3.74. The molecule has 0 bridgehead atoms. The van der Waals surface area contributed by atoms with Gasteiger partial charge in [0.15, 0.2) is 5.56 Å². The molecule has 0 saturated carbocycles. The molecule has 0 amide bonds. The van der Waals surface area contributed by atoms with Crippen molar-refractivity contribution >= 4 is 11.6 Å². The lowest BCUT2D eigenvalue weighted by Gasteiger charge is -2.13. The van der Waals surface area contributed by atoms with Crippen LogP contribution in [-0.2, 0) is 4.74 Å². The van der Waals surface area contributed by atoms with Crippen LogP contribution in [0.1, 0.15) is 17.7 Å². The Labute approximate surface area is 164 Å². The molecule has 1 aliphatic rings. The molecule has 5 heteroatoms. The Morgan fingerprint density at radius 3 is 2.41 bits per heavy atom. The summed E-state index contributed by atoms with van der Waals surface area (Å²) in [7, 11) is 4.11. The first-order chi connectivity index (χ1) is 13.1. The number of ether oxygens (including phenoxy) is 2. The SMILES string of the molecule is CN(C)CCCOC(Cl)c1cc2c([nH]1)-c1ccccc1Oc1ccccc1-2. The number of nitrogens with one attached hydrogen (secondary N) is 1. The molecule has 0 fully saturated rings. The van der Waals surface area contributed by atoms with Crippen molar-refractivity contribution in [2.75, 3.05) is 27.2 Å². The van der Waals surface area contributed by atoms with Gasteiger partial charge in [-0.05, 0) is 51.3 Å². The van der Waals surface area contributed by atoms with E-state index in [0.29, 0.717) is 6.61 Å². The van der Waals surface area contributed by atoms with Crippen molar-refractivity contribution in [3.8, 4) is 33.9 Å². The zero-order valence-corrected chi connectivity index (χ0v) is 16.3. The number of H-pyrrole nitrogens is 1. The summed E-state index contributed by atoms with van der Waals surface area (Å²) in [6.07, 6.45) is 0.941. The van der Waals surface area contributed by atoms with E-state index in [2.05, 4.69) is 42.2 Å². The fourth-order valence-corrected chi connectivity index (χ4v) is 3.55. The van der Waals surface area contributed by atoms with E-state index in [0.717, 1.165) is 52.5 Å². The molecule has 2 heterocycles. The Hall–Kier alpha value is -2.27. The topological polar surface area (TPSA) is 37.5 Å². The molecule has 1 aliphatic heterocycles. The summed E-state index contributed by atoms with van der Waals surface area (Å²) in [5, 5.41) is 0. The predicted molar refractivity (Wildman–Crippen MR) is 109 cm³/mol. The fourth-order valence-electron chi connectivity index (χ4n) is 3.34. The molecule has 27 heavy (non-hydrogen) atoms. The van der Waals surface area contributed by atoms with Crippen LogP contribution in [0.5, 0.6) is 11.5 Å². The van der Waals surface area contributed by atoms with Gasteiger partial charge >= 0.3 is 0 Å². The van der Waals surface area contributed by atoms with Crippen molar-refractivity contribution in [2.45, 2.75) is 12.0 Å². The summed E-state index contributed by atoms with van der Waals surface area (Å²) in [6.45, 7) is 1.59. The molecule has 0 radical (unpaired) electrons. The van der Waals surface area contributed by atoms with Crippen molar-refractivity contribution in [1.82, 2.24) is 9.88 Å². The summed E-state index contributed by atoms with van der Waals surface area (Å²) in [4.78, 5) is 5.61. The maximum atomic E-state index is 6.54. The first-order valence-electron chi connectivity index (χ1n) is 9.13. The molecule has 2 aromatic carbocycles. The first-order valence-corrected chi connectivity index (χ1v) is 9.57. The number of rotatable bonds is 6. The summed E-state index contributed by atoms with van der Waals surface area (Å²) in [5.41, 5.74) is 4.49. The highest BCUT2D eigenvalue weighted by Gasteiger charge is 2.24. The van der Waals surface area contributed by atoms with Gasteiger partial charge in [-0.1, -0.05) is 41.9 Å². The van der Waals surface area contributed by atoms with Crippen molar-refractivity contribution in [1.29, 1.82) is 0 Å². The van der Waals surface area contributed by atoms with Gasteiger partial charge in [0.25, 0.3) is 0 Å². The number of aromatic amines is 1. The van der Waals surface area contributed by atoms with Gasteiger partial charge in [0.2, 0.25) is 0 Å². The smallest absolute Gasteiger partial charge is 0.171 e. The highest BCUT2D eigenvalue weighted by molar-refractivity contribution is 6.19. The molecule has 4 nitrogen and oxygen atoms in total. The van der Waals surface area contributed by atoms with E-state index in [4.69, 9.17) is 21.1 Å². The number of halogens is 1. The second-order valence-corrected chi connectivity index (χ2v) is 7.35. The van der Waals surface area contributed by atoms with E-state index < -0.39 is 5.56 Å². The van der Waals surface area contributed by atoms with Crippen molar-refractivity contribution < 1.29 is 9.47 Å². The molecular formula is C22H23ClN2O2. The Bertz CT molecular complexity index is 873. The zero-order valence-electron chi connectivity index (χ0n) is 15.5. The number of benzene rings is 2. The van der Waals surface area contributed by atoms with Crippen molar-refractivity contribution in [2.24, 2.45) is 0 Å². The minimum absolute atomic E-state index is 0.515. The van der Waals surface area contributed by atoms with Crippen LogP contribution in [0.4, 0.5) is 0 Å². The second-order valence-electron chi connectivity index (χ2n) is 6.95. The fraction of sp³-hybridized carbons (Fsp3) is 0.273. The molecule has 0 spiro atoms. The average Bonchev–Trinajstić information content (AvgIpc) is 3.06. The van der Waals surface area contributed by atoms with Gasteiger partial charge < -0.3 is 19.4 Å². The minimum atomic E-state index is -0.515. The third-order valence-electron chi connectivity index (χ3n) is 4.65. The zero-order chi connectivity index (χ0) is 18.8. The number of nitrogens with zero attached hydrogens (tertiary/aromatic N) is 1. The number of fused-ring (bicyclic) bond motifs is 5. The summed E-state index contributed by atoms with van der Waals surface area (Å²) >= 11 is 6.54. The lowest BCUT2D eigenvalue weighted by molar-refractivity contribution is 0.0988. The van der Waals surface area contributed by atoms with E-state index >= 15 is 0 Å². The number of hydrogen-bond acceptors (Lipinski definition) is 3. The molecule has 1 N–H and O–H groups in total. The van der Waals surface area contributed by atoms with E-state index in [1.807, 2.05) is 36.4 Å². The highest BCUT2D eigenvalue weighted by atomic mass is 35.5. The third-order valence-corrected chi connectivity index (χ3v) is 5.01. The number of para-hydroxylation sites is 2. The van der Waals surface area contributed by atoms with Crippen LogP contribution in [0, 0.1) is 0 Å². The van der Waals surface area contributed by atoms with Gasteiger partial charge in [0, 0.05) is 16.7 Å². The van der Waals surface area contributed by atoms with Gasteiger partial charge in [-0.3, -0.25) is 0 Å². The van der Waals surface area contributed by atoms with E-state index in [-0.39, 0.29) is 0 Å². The van der Waals surface area contributed by atoms with Crippen LogP contribution >= 0.6 is 11.6 Å². The van der Waals surface area contributed by atoms with Gasteiger partial charge in [-0.25, -0.2) is 0 Å². The van der Waals surface area contributed by atoms with Gasteiger partial charge in [0.05, 0.1) is 18.0 Å². The number of aromatic nitrogens is 1. The monoisotopic (exact) mass is 382 g/mol. The van der Waals surface area contributed by atoms with Crippen molar-refractivity contribution in [3.05, 3.63) is 60.3 Å². The lowest BCUT2D eigenvalue weighted by Crippen LogP contribution is -2.15. The summed E-state index contributed by atoms with van der Waals surface area (Å²) < 4.78 is 12.0. The number of hydrogen-bond donors (Lipinski definition) is 1. The molecule has 4 rings (SSSR count). The Balaban J connectivity index is 1.67. The molecule has 0 aliphatic carbocycles. The van der Waals surface area contributed by atoms with Gasteiger partial charge in [-0.2, -0.15) is 0 Å². The van der Waals surface area contributed by atoms with Gasteiger partial charge in [0.1, 0.15) is 11.5 Å². The normalized spacial score (nSPS) is 13.3. The molecular weight excluding hydrogens is 360 g/mol. The first kappa shape index (κ1) is 18.1. The van der Waals surface area contributed by atoms with Crippen LogP contribution in [0.25, 0.3) is 22.4 Å². The molecule has 1 unspecified atom stereocenters. The lowest BCUT2D eigenvalue weighted by atomic mass is 10.0. The largest absolute Gasteiger partial charge is 0.456 e. The van der Waals surface area contributed by atoms with E-state index in [1.54, 1.807) is 0 Å². The minimum Gasteiger partial charge on any atom is -0.456 e. The van der Waals surface area contributed by atoms with Crippen LogP contribution < -0.4 is 4.74 Å². The highest BCUT2D eigenvalue weighted by Crippen LogP contribution is 2.47. The number of alkyl halides is 1. The average molecular weight is 383 g/mol. The quantitative estimate of drug-likeness (QED) is 0.345. The molecule has 1 aromatic heterocycles. The second kappa shape index (κ2) is 7.77. The van der Waals surface area contributed by atoms with Crippen LogP contribution in [0.3, 0.4) is 0 Å². The standard InChI is InChI=1S/C22H23ClN2O2/c1-25(2)12-7-13-26-22(23)18-14-17-15-8-3-5-10-19(15)27-20-11-6-4-9-16(20)21(17)24-18/h3-6,8-11,14,22,24H,7,12-13H2,1-2H3. The predicted octanol–water partition coefficient (Wildman–Crippen LogP) is 5.66. The maximum Gasteiger partial charge on any atom is 0.171 e. The molecule has 140 valence electrons. The van der Waals surface area contributed by atoms with Gasteiger partial charge in [-0.15, -0.1) is 0 Å². The van der Waals surface area contributed by atoms with Crippen LogP contribution in [0.2, 0.25) is 0 Å². The Morgan fingerprint density at radius 1 is 1.00 bits per heavy atom.